The topological polar surface area (TPSA) is 64.7 Å². The molecule has 2 aromatic heterocycles. The normalized spacial score (nSPS) is 12.3. The van der Waals surface area contributed by atoms with Crippen LogP contribution in [-0.2, 0) is 17.9 Å². The summed E-state index contributed by atoms with van der Waals surface area (Å²) in [6.45, 7) is 5.42. The van der Waals surface area contributed by atoms with E-state index in [1.807, 2.05) is 23.9 Å². The molecule has 6 heteroatoms. The van der Waals surface area contributed by atoms with Crippen LogP contribution in [0.15, 0.2) is 31.1 Å². The molecule has 0 aliphatic carbocycles. The maximum absolute atomic E-state index is 11.9. The summed E-state index contributed by atoms with van der Waals surface area (Å²) < 4.78 is 3.77. The number of hydrogen-bond donors (Lipinski definition) is 1. The Bertz CT molecular complexity index is 532. The van der Waals surface area contributed by atoms with Gasteiger partial charge < -0.3 is 9.88 Å². The van der Waals surface area contributed by atoms with Crippen LogP contribution in [0.5, 0.6) is 0 Å². The van der Waals surface area contributed by atoms with Crippen molar-refractivity contribution in [2.75, 3.05) is 0 Å². The van der Waals surface area contributed by atoms with Crippen molar-refractivity contribution in [1.29, 1.82) is 0 Å². The largest absolute Gasteiger partial charge is 0.352 e. The zero-order valence-electron chi connectivity index (χ0n) is 12.0. The summed E-state index contributed by atoms with van der Waals surface area (Å²) in [4.78, 5) is 15.9. The van der Waals surface area contributed by atoms with E-state index in [1.54, 1.807) is 23.4 Å². The molecule has 0 fully saturated rings. The summed E-state index contributed by atoms with van der Waals surface area (Å²) in [7, 11) is 0. The molecule has 6 nitrogen and oxygen atoms in total. The first-order chi connectivity index (χ1) is 9.67. The summed E-state index contributed by atoms with van der Waals surface area (Å²) in [5.74, 6) is 0.0603. The van der Waals surface area contributed by atoms with Crippen molar-refractivity contribution in [2.45, 2.75) is 45.8 Å². The number of imidazole rings is 1. The van der Waals surface area contributed by atoms with Crippen molar-refractivity contribution in [1.82, 2.24) is 24.6 Å². The summed E-state index contributed by atoms with van der Waals surface area (Å²) >= 11 is 0. The predicted molar refractivity (Wildman–Crippen MR) is 76.0 cm³/mol. The van der Waals surface area contributed by atoms with Gasteiger partial charge in [0.05, 0.1) is 12.5 Å². The Morgan fingerprint density at radius 2 is 2.35 bits per heavy atom. The Morgan fingerprint density at radius 3 is 2.95 bits per heavy atom. The van der Waals surface area contributed by atoms with E-state index in [1.165, 1.54) is 0 Å². The van der Waals surface area contributed by atoms with Gasteiger partial charge in [-0.1, -0.05) is 6.92 Å². The van der Waals surface area contributed by atoms with Gasteiger partial charge in [0.15, 0.2) is 0 Å². The third-order valence-electron chi connectivity index (χ3n) is 3.18. The SMILES string of the molecule is CC[C@@H](Cn1ccnc1)NC(=O)CCn1cc(C)cn1. The van der Waals surface area contributed by atoms with Crippen LogP contribution in [-0.4, -0.2) is 31.3 Å². The Balaban J connectivity index is 1.77. The van der Waals surface area contributed by atoms with E-state index in [-0.39, 0.29) is 11.9 Å². The van der Waals surface area contributed by atoms with E-state index in [4.69, 9.17) is 0 Å². The molecule has 0 radical (unpaired) electrons. The first kappa shape index (κ1) is 14.3. The number of aromatic nitrogens is 4. The number of nitrogens with one attached hydrogen (secondary N) is 1. The lowest BCUT2D eigenvalue weighted by atomic mass is 10.2. The highest BCUT2D eigenvalue weighted by Gasteiger charge is 2.11. The van der Waals surface area contributed by atoms with Gasteiger partial charge in [-0.15, -0.1) is 0 Å². The zero-order chi connectivity index (χ0) is 14.4. The molecule has 1 atom stereocenters. The minimum Gasteiger partial charge on any atom is -0.352 e. The molecule has 0 saturated carbocycles. The first-order valence-electron chi connectivity index (χ1n) is 6.91. The highest BCUT2D eigenvalue weighted by atomic mass is 16.1. The van der Waals surface area contributed by atoms with Crippen LogP contribution >= 0.6 is 0 Å². The molecule has 0 aromatic carbocycles. The molecule has 0 aliphatic rings. The zero-order valence-corrected chi connectivity index (χ0v) is 12.0. The van der Waals surface area contributed by atoms with Gasteiger partial charge in [-0.2, -0.15) is 5.10 Å². The molecule has 2 rings (SSSR count). The molecular formula is C14H21N5O. The lowest BCUT2D eigenvalue weighted by Crippen LogP contribution is -2.37. The number of nitrogens with zero attached hydrogens (tertiary/aromatic N) is 4. The van der Waals surface area contributed by atoms with Gasteiger partial charge in [0.25, 0.3) is 0 Å². The first-order valence-corrected chi connectivity index (χ1v) is 6.91. The predicted octanol–water partition coefficient (Wildman–Crippen LogP) is 1.37. The number of hydrogen-bond acceptors (Lipinski definition) is 3. The summed E-state index contributed by atoms with van der Waals surface area (Å²) in [6, 6.07) is 0.135. The van der Waals surface area contributed by atoms with Crippen molar-refractivity contribution in [3.8, 4) is 0 Å². The number of amides is 1. The van der Waals surface area contributed by atoms with Crippen molar-refractivity contribution in [3.05, 3.63) is 36.7 Å². The third kappa shape index (κ3) is 4.22. The summed E-state index contributed by atoms with van der Waals surface area (Å²) in [6.07, 6.45) is 10.5. The second kappa shape index (κ2) is 6.88. The van der Waals surface area contributed by atoms with Crippen LogP contribution in [0.1, 0.15) is 25.3 Å². The fourth-order valence-corrected chi connectivity index (χ4v) is 2.03. The molecule has 2 aromatic rings. The van der Waals surface area contributed by atoms with Gasteiger partial charge >= 0.3 is 0 Å². The lowest BCUT2D eigenvalue weighted by molar-refractivity contribution is -0.122. The van der Waals surface area contributed by atoms with Crippen molar-refractivity contribution in [2.24, 2.45) is 0 Å². The molecular weight excluding hydrogens is 254 g/mol. The minimum absolute atomic E-state index is 0.0603. The maximum atomic E-state index is 11.9. The second-order valence-corrected chi connectivity index (χ2v) is 4.96. The number of carbonyl (C=O) groups excluding carboxylic acids is 1. The van der Waals surface area contributed by atoms with Crippen LogP contribution in [0, 0.1) is 6.92 Å². The van der Waals surface area contributed by atoms with Crippen LogP contribution < -0.4 is 5.32 Å². The number of carbonyl (C=O) groups is 1. The summed E-state index contributed by atoms with van der Waals surface area (Å²) in [5, 5.41) is 7.23. The quantitative estimate of drug-likeness (QED) is 0.830. The molecule has 0 aliphatic heterocycles. The van der Waals surface area contributed by atoms with Crippen LogP contribution in [0.4, 0.5) is 0 Å². The molecule has 2 heterocycles. The number of rotatable bonds is 7. The average molecular weight is 275 g/mol. The van der Waals surface area contributed by atoms with Gasteiger partial charge in [-0.25, -0.2) is 4.98 Å². The summed E-state index contributed by atoms with van der Waals surface area (Å²) in [5.41, 5.74) is 1.11. The van der Waals surface area contributed by atoms with Crippen LogP contribution in [0.3, 0.4) is 0 Å². The monoisotopic (exact) mass is 275 g/mol. The molecule has 1 amide bonds. The molecule has 108 valence electrons. The molecule has 0 bridgehead atoms. The van der Waals surface area contributed by atoms with Gasteiger partial charge in [0.1, 0.15) is 0 Å². The van der Waals surface area contributed by atoms with Gasteiger partial charge in [0, 0.05) is 44.1 Å². The van der Waals surface area contributed by atoms with Gasteiger partial charge in [-0.05, 0) is 18.9 Å². The fourth-order valence-electron chi connectivity index (χ4n) is 2.03. The van der Waals surface area contributed by atoms with E-state index in [0.717, 1.165) is 18.5 Å². The molecule has 0 saturated heterocycles. The highest BCUT2D eigenvalue weighted by Crippen LogP contribution is 2.00. The Morgan fingerprint density at radius 1 is 1.50 bits per heavy atom. The molecule has 20 heavy (non-hydrogen) atoms. The van der Waals surface area contributed by atoms with Crippen LogP contribution in [0.2, 0.25) is 0 Å². The Hall–Kier alpha value is -2.11. The Labute approximate surface area is 118 Å². The molecule has 0 spiro atoms. The second-order valence-electron chi connectivity index (χ2n) is 4.96. The third-order valence-corrected chi connectivity index (χ3v) is 3.18. The van der Waals surface area contributed by atoms with Crippen molar-refractivity contribution < 1.29 is 4.79 Å². The average Bonchev–Trinajstić information content (AvgIpc) is 3.07. The minimum atomic E-state index is 0.0603. The lowest BCUT2D eigenvalue weighted by Gasteiger charge is -2.17. The van der Waals surface area contributed by atoms with E-state index in [0.29, 0.717) is 13.0 Å². The van der Waals surface area contributed by atoms with E-state index in [2.05, 4.69) is 22.3 Å². The maximum Gasteiger partial charge on any atom is 0.222 e. The Kier molecular flexibility index (Phi) is 4.92. The molecule has 1 N–H and O–H groups in total. The van der Waals surface area contributed by atoms with Gasteiger partial charge in [0.2, 0.25) is 5.91 Å². The van der Waals surface area contributed by atoms with Crippen molar-refractivity contribution >= 4 is 5.91 Å². The molecule has 0 unspecified atom stereocenters. The fraction of sp³-hybridized carbons (Fsp3) is 0.500. The van der Waals surface area contributed by atoms with Crippen LogP contribution in [0.25, 0.3) is 0 Å². The highest BCUT2D eigenvalue weighted by molar-refractivity contribution is 5.76. The van der Waals surface area contributed by atoms with E-state index < -0.39 is 0 Å². The van der Waals surface area contributed by atoms with Crippen molar-refractivity contribution in [3.63, 3.8) is 0 Å². The number of aryl methyl sites for hydroxylation is 2. The smallest absolute Gasteiger partial charge is 0.222 e. The van der Waals surface area contributed by atoms with E-state index in [9.17, 15) is 4.79 Å². The van der Waals surface area contributed by atoms with E-state index >= 15 is 0 Å². The van der Waals surface area contributed by atoms with Gasteiger partial charge in [-0.3, -0.25) is 9.48 Å². The standard InChI is InChI=1S/C14H21N5O/c1-3-13(10-18-7-5-15-11-18)17-14(20)4-6-19-9-12(2)8-16-19/h5,7-9,11,13H,3-4,6,10H2,1-2H3,(H,17,20)/t13-/m0/s1.